The number of ether oxygens (including phenoxy) is 1. The molecule has 2 aliphatic rings. The van der Waals surface area contributed by atoms with Gasteiger partial charge in [-0.25, -0.2) is 0 Å². The smallest absolute Gasteiger partial charge is 0.269 e. The third kappa shape index (κ3) is 2.62. The van der Waals surface area contributed by atoms with Gasteiger partial charge in [-0.2, -0.15) is 0 Å². The largest absolute Gasteiger partial charge is 0.361 e. The molecule has 1 aromatic rings. The Bertz CT molecular complexity index is 554. The number of nitrogens with zero attached hydrogens (tertiary/aromatic N) is 2. The van der Waals surface area contributed by atoms with Crippen LogP contribution in [0.15, 0.2) is 24.3 Å². The Morgan fingerprint density at radius 3 is 2.41 bits per heavy atom. The lowest BCUT2D eigenvalue weighted by Crippen LogP contribution is -2.64. The first-order valence-corrected chi connectivity index (χ1v) is 7.96. The lowest BCUT2D eigenvalue weighted by Gasteiger charge is -2.52. The van der Waals surface area contributed by atoms with Gasteiger partial charge >= 0.3 is 0 Å². The molecule has 2 fully saturated rings. The molecule has 0 radical (unpaired) electrons. The average molecular weight is 307 g/mol. The molecule has 120 valence electrons. The molecular weight excluding hydrogens is 284 g/mol. The number of hydrogen-bond acceptors (Lipinski definition) is 4. The first-order valence-electron chi connectivity index (χ1n) is 7.96. The van der Waals surface area contributed by atoms with E-state index in [-0.39, 0.29) is 11.9 Å². The number of nitro groups is 1. The Hall–Kier alpha value is -1.50. The molecule has 3 rings (SSSR count). The van der Waals surface area contributed by atoms with E-state index in [4.69, 9.17) is 4.74 Å². The zero-order valence-corrected chi connectivity index (χ0v) is 12.9. The summed E-state index contributed by atoms with van der Waals surface area (Å²) in [6.45, 7) is 5.13. The lowest BCUT2D eigenvalue weighted by molar-refractivity contribution is -0.987. The van der Waals surface area contributed by atoms with Crippen LogP contribution in [0, 0.1) is 10.1 Å². The molecular formula is C16H23N2O4+. The molecule has 0 saturated carbocycles. The average Bonchev–Trinajstić information content (AvgIpc) is 2.53. The molecule has 2 heterocycles. The molecule has 1 spiro atoms. The summed E-state index contributed by atoms with van der Waals surface area (Å²) in [5.41, 5.74) is 0.621. The van der Waals surface area contributed by atoms with Crippen LogP contribution in [0.4, 0.5) is 5.69 Å². The first kappa shape index (κ1) is 15.4. The Morgan fingerprint density at radius 2 is 1.86 bits per heavy atom. The van der Waals surface area contributed by atoms with Gasteiger partial charge in [-0.1, -0.05) is 0 Å². The molecule has 2 aliphatic heterocycles. The summed E-state index contributed by atoms with van der Waals surface area (Å²) in [5.74, 6) is -1.34. The lowest BCUT2D eigenvalue weighted by atomic mass is 9.96. The Kier molecular flexibility index (Phi) is 3.92. The zero-order valence-electron chi connectivity index (χ0n) is 12.9. The number of benzene rings is 1. The van der Waals surface area contributed by atoms with Gasteiger partial charge in [0, 0.05) is 24.6 Å². The van der Waals surface area contributed by atoms with Crippen molar-refractivity contribution < 1.29 is 19.2 Å². The molecule has 1 aromatic carbocycles. The number of nitro benzene ring substituents is 1. The van der Waals surface area contributed by atoms with Gasteiger partial charge in [-0.3, -0.25) is 19.3 Å². The van der Waals surface area contributed by atoms with Crippen molar-refractivity contribution in [2.45, 2.75) is 44.6 Å². The van der Waals surface area contributed by atoms with Crippen LogP contribution >= 0.6 is 0 Å². The number of hydrogen-bond donors (Lipinski definition) is 1. The molecule has 6 nitrogen and oxygen atoms in total. The number of piperidine rings is 1. The summed E-state index contributed by atoms with van der Waals surface area (Å²) in [7, 11) is 0. The van der Waals surface area contributed by atoms with Crippen molar-refractivity contribution >= 4 is 5.69 Å². The number of quaternary nitrogens is 1. The van der Waals surface area contributed by atoms with Gasteiger partial charge in [0.25, 0.3) is 5.69 Å². The van der Waals surface area contributed by atoms with Crippen molar-refractivity contribution in [1.29, 1.82) is 0 Å². The second-order valence-corrected chi connectivity index (χ2v) is 6.51. The molecule has 0 aromatic heterocycles. The van der Waals surface area contributed by atoms with Gasteiger partial charge in [-0.15, -0.1) is 0 Å². The highest BCUT2D eigenvalue weighted by Gasteiger charge is 2.48. The summed E-state index contributed by atoms with van der Waals surface area (Å²) in [6.07, 6.45) is 4.16. The topological polar surface area (TPSA) is 72.6 Å². The minimum atomic E-state index is -1.34. The second kappa shape index (κ2) is 5.61. The highest BCUT2D eigenvalue weighted by atomic mass is 16.6. The maximum absolute atomic E-state index is 10.9. The van der Waals surface area contributed by atoms with Gasteiger partial charge < -0.3 is 5.11 Å². The number of aliphatic hydroxyl groups is 1. The minimum absolute atomic E-state index is 0.0238. The molecule has 6 heteroatoms. The standard InChI is InChI=1S/C16H23N2O4/c1-13-18(10-3-2-4-11-18)12-9-16(19,22-13)14-5-7-15(8-6-14)17(20)21/h5-8,13,19H,2-4,9-12H2,1H3/q+1. The van der Waals surface area contributed by atoms with Crippen LogP contribution < -0.4 is 0 Å². The fourth-order valence-corrected chi connectivity index (χ4v) is 3.79. The van der Waals surface area contributed by atoms with Crippen molar-refractivity contribution in [2.75, 3.05) is 19.6 Å². The van der Waals surface area contributed by atoms with Crippen molar-refractivity contribution in [3.8, 4) is 0 Å². The third-order valence-electron chi connectivity index (χ3n) is 5.27. The highest BCUT2D eigenvalue weighted by Crippen LogP contribution is 2.39. The van der Waals surface area contributed by atoms with Crippen LogP contribution in [0.1, 0.15) is 38.2 Å². The van der Waals surface area contributed by atoms with E-state index in [2.05, 4.69) is 0 Å². The Balaban J connectivity index is 1.78. The van der Waals surface area contributed by atoms with Crippen molar-refractivity contribution in [3.63, 3.8) is 0 Å². The van der Waals surface area contributed by atoms with E-state index in [1.165, 1.54) is 31.4 Å². The normalized spacial score (nSPS) is 31.1. The molecule has 0 bridgehead atoms. The van der Waals surface area contributed by atoms with Crippen LogP contribution in [0.25, 0.3) is 0 Å². The molecule has 2 saturated heterocycles. The Labute approximate surface area is 130 Å². The van der Waals surface area contributed by atoms with E-state index in [1.54, 1.807) is 12.1 Å². The van der Waals surface area contributed by atoms with Gasteiger partial charge in [0.2, 0.25) is 5.79 Å². The summed E-state index contributed by atoms with van der Waals surface area (Å²) in [5, 5.41) is 21.6. The van der Waals surface area contributed by atoms with Crippen LogP contribution in [-0.4, -0.2) is 40.4 Å². The number of rotatable bonds is 2. The van der Waals surface area contributed by atoms with E-state index >= 15 is 0 Å². The van der Waals surface area contributed by atoms with Crippen molar-refractivity contribution in [3.05, 3.63) is 39.9 Å². The molecule has 2 atom stereocenters. The Morgan fingerprint density at radius 1 is 1.23 bits per heavy atom. The van der Waals surface area contributed by atoms with E-state index < -0.39 is 10.7 Å². The summed E-state index contributed by atoms with van der Waals surface area (Å²) >= 11 is 0. The summed E-state index contributed by atoms with van der Waals surface area (Å²) in [6, 6.07) is 6.02. The first-order chi connectivity index (χ1) is 10.5. The summed E-state index contributed by atoms with van der Waals surface area (Å²) < 4.78 is 6.94. The minimum Gasteiger partial charge on any atom is -0.361 e. The summed E-state index contributed by atoms with van der Waals surface area (Å²) in [4.78, 5) is 10.3. The predicted octanol–water partition coefficient (Wildman–Crippen LogP) is 2.51. The van der Waals surface area contributed by atoms with E-state index in [0.717, 1.165) is 24.1 Å². The van der Waals surface area contributed by atoms with E-state index in [9.17, 15) is 15.2 Å². The monoisotopic (exact) mass is 307 g/mol. The van der Waals surface area contributed by atoms with Crippen LogP contribution in [0.5, 0.6) is 0 Å². The molecule has 22 heavy (non-hydrogen) atoms. The van der Waals surface area contributed by atoms with Gasteiger partial charge in [0.05, 0.1) is 31.0 Å². The van der Waals surface area contributed by atoms with Crippen LogP contribution in [0.3, 0.4) is 0 Å². The zero-order chi connectivity index (χ0) is 15.8. The molecule has 0 aliphatic carbocycles. The molecule has 0 amide bonds. The quantitative estimate of drug-likeness (QED) is 0.517. The van der Waals surface area contributed by atoms with Crippen LogP contribution in [-0.2, 0) is 10.5 Å². The SMILES string of the molecule is CC1OC(O)(c2ccc([N+](=O)[O-])cc2)CC[N+]12CCCCC2. The van der Waals surface area contributed by atoms with Gasteiger partial charge in [-0.05, 0) is 31.4 Å². The molecule has 1 N–H and O–H groups in total. The highest BCUT2D eigenvalue weighted by molar-refractivity contribution is 5.34. The second-order valence-electron chi connectivity index (χ2n) is 6.51. The van der Waals surface area contributed by atoms with Crippen LogP contribution in [0.2, 0.25) is 0 Å². The van der Waals surface area contributed by atoms with Crippen molar-refractivity contribution in [1.82, 2.24) is 0 Å². The van der Waals surface area contributed by atoms with Crippen molar-refractivity contribution in [2.24, 2.45) is 0 Å². The van der Waals surface area contributed by atoms with E-state index in [0.29, 0.717) is 12.0 Å². The fourth-order valence-electron chi connectivity index (χ4n) is 3.79. The maximum Gasteiger partial charge on any atom is 0.269 e. The predicted molar refractivity (Wildman–Crippen MR) is 80.9 cm³/mol. The van der Waals surface area contributed by atoms with Gasteiger partial charge in [0.1, 0.15) is 0 Å². The maximum atomic E-state index is 10.9. The van der Waals surface area contributed by atoms with E-state index in [1.807, 2.05) is 6.92 Å². The number of non-ortho nitro benzene ring substituents is 1. The fraction of sp³-hybridized carbons (Fsp3) is 0.625. The third-order valence-corrected chi connectivity index (χ3v) is 5.27. The molecule has 2 unspecified atom stereocenters. The van der Waals surface area contributed by atoms with Gasteiger partial charge in [0.15, 0.2) is 6.23 Å².